The molecular formula is C23H23N5O3S2. The Morgan fingerprint density at radius 3 is 2.88 bits per heavy atom. The van der Waals surface area contributed by atoms with Gasteiger partial charge in [0, 0.05) is 17.3 Å². The number of ether oxygens (including phenoxy) is 1. The summed E-state index contributed by atoms with van der Waals surface area (Å²) in [6, 6.07) is 7.95. The first-order valence-corrected chi connectivity index (χ1v) is 12.7. The van der Waals surface area contributed by atoms with Gasteiger partial charge in [-0.2, -0.15) is 0 Å². The van der Waals surface area contributed by atoms with Gasteiger partial charge in [-0.15, -0.1) is 21.5 Å². The monoisotopic (exact) mass is 481 g/mol. The number of thiophene rings is 1. The van der Waals surface area contributed by atoms with Crippen molar-refractivity contribution in [2.45, 2.75) is 37.8 Å². The largest absolute Gasteiger partial charge is 0.462 e. The summed E-state index contributed by atoms with van der Waals surface area (Å²) in [4.78, 5) is 31.1. The highest BCUT2D eigenvalue weighted by atomic mass is 32.2. The normalized spacial score (nSPS) is 13.3. The van der Waals surface area contributed by atoms with Gasteiger partial charge in [0.1, 0.15) is 10.5 Å². The van der Waals surface area contributed by atoms with E-state index in [1.807, 2.05) is 35.9 Å². The third-order valence-electron chi connectivity index (χ3n) is 5.72. The molecular weight excluding hydrogens is 458 g/mol. The summed E-state index contributed by atoms with van der Waals surface area (Å²) in [6.45, 7) is 2.08. The number of thioether (sulfide) groups is 1. The molecule has 0 unspecified atom stereocenters. The molecule has 5 rings (SSSR count). The van der Waals surface area contributed by atoms with Gasteiger partial charge in [0.05, 0.1) is 23.4 Å². The molecule has 1 N–H and O–H groups in total. The number of para-hydroxylation sites is 1. The first-order valence-electron chi connectivity index (χ1n) is 10.9. The van der Waals surface area contributed by atoms with Gasteiger partial charge < -0.3 is 14.6 Å². The van der Waals surface area contributed by atoms with Crippen molar-refractivity contribution in [3.05, 3.63) is 40.3 Å². The Morgan fingerprint density at radius 1 is 1.21 bits per heavy atom. The fraction of sp³-hybridized carbons (Fsp3) is 0.348. The van der Waals surface area contributed by atoms with Crippen LogP contribution in [0, 0.1) is 0 Å². The zero-order valence-electron chi connectivity index (χ0n) is 18.4. The molecule has 4 aromatic rings. The fourth-order valence-electron chi connectivity index (χ4n) is 4.22. The van der Waals surface area contributed by atoms with Crippen LogP contribution in [0.2, 0.25) is 0 Å². The lowest BCUT2D eigenvalue weighted by atomic mass is 9.95. The fourth-order valence-corrected chi connectivity index (χ4v) is 6.09. The van der Waals surface area contributed by atoms with Gasteiger partial charge in [0.25, 0.3) is 0 Å². The zero-order valence-corrected chi connectivity index (χ0v) is 20.0. The van der Waals surface area contributed by atoms with Crippen molar-refractivity contribution in [1.29, 1.82) is 0 Å². The molecule has 0 aliphatic heterocycles. The van der Waals surface area contributed by atoms with E-state index in [1.165, 1.54) is 28.0 Å². The molecule has 3 aromatic heterocycles. The molecule has 10 heteroatoms. The molecule has 3 heterocycles. The van der Waals surface area contributed by atoms with E-state index in [9.17, 15) is 9.59 Å². The van der Waals surface area contributed by atoms with Gasteiger partial charge in [-0.05, 0) is 44.2 Å². The summed E-state index contributed by atoms with van der Waals surface area (Å²) >= 11 is 2.70. The van der Waals surface area contributed by atoms with Gasteiger partial charge in [-0.25, -0.2) is 9.78 Å². The molecule has 1 amide bonds. The summed E-state index contributed by atoms with van der Waals surface area (Å²) < 4.78 is 7.24. The van der Waals surface area contributed by atoms with Crippen LogP contribution in [0.1, 0.15) is 40.6 Å². The number of hydrogen-bond acceptors (Lipinski definition) is 8. The molecule has 170 valence electrons. The quantitative estimate of drug-likeness (QED) is 0.323. The van der Waals surface area contributed by atoms with Gasteiger partial charge >= 0.3 is 5.97 Å². The molecule has 33 heavy (non-hydrogen) atoms. The molecule has 1 aromatic carbocycles. The topological polar surface area (TPSA) is 99.0 Å². The predicted octanol–water partition coefficient (Wildman–Crippen LogP) is 4.36. The van der Waals surface area contributed by atoms with Crippen LogP contribution >= 0.6 is 23.1 Å². The van der Waals surface area contributed by atoms with E-state index in [-0.39, 0.29) is 17.6 Å². The number of rotatable bonds is 6. The van der Waals surface area contributed by atoms with Crippen molar-refractivity contribution in [1.82, 2.24) is 19.7 Å². The summed E-state index contributed by atoms with van der Waals surface area (Å²) in [5.41, 5.74) is 4.04. The highest BCUT2D eigenvalue weighted by Gasteiger charge is 2.27. The number of fused-ring (bicyclic) bond motifs is 4. The summed E-state index contributed by atoms with van der Waals surface area (Å²) in [7, 11) is 1.94. The van der Waals surface area contributed by atoms with Crippen molar-refractivity contribution < 1.29 is 14.3 Å². The molecule has 0 spiro atoms. The number of aromatic nitrogens is 4. The molecule has 8 nitrogen and oxygen atoms in total. The lowest BCUT2D eigenvalue weighted by Crippen LogP contribution is -2.17. The Hall–Kier alpha value is -2.98. The highest BCUT2D eigenvalue weighted by molar-refractivity contribution is 7.99. The Labute approximate surface area is 198 Å². The molecule has 1 aliphatic rings. The number of nitrogens with zero attached hydrogens (tertiary/aromatic N) is 4. The predicted molar refractivity (Wildman–Crippen MR) is 130 cm³/mol. The standard InChI is InChI=1S/C23H23N5O3S2/c1-3-31-22(30)18-14-9-5-7-11-16(14)33-21(18)24-17(29)12-32-23-25-20-19(26-27-23)13-8-4-6-10-15(13)28(20)2/h4,6,8,10H,3,5,7,9,11-12H2,1-2H3,(H,24,29). The maximum Gasteiger partial charge on any atom is 0.341 e. The second-order valence-corrected chi connectivity index (χ2v) is 9.86. The second kappa shape index (κ2) is 9.11. The van der Waals surface area contributed by atoms with Crippen LogP contribution in [0.3, 0.4) is 0 Å². The minimum atomic E-state index is -0.367. The van der Waals surface area contributed by atoms with Crippen LogP contribution in [0.25, 0.3) is 22.1 Å². The van der Waals surface area contributed by atoms with Crippen LogP contribution in [0.4, 0.5) is 5.00 Å². The van der Waals surface area contributed by atoms with E-state index in [1.54, 1.807) is 6.92 Å². The molecule has 0 atom stereocenters. The van der Waals surface area contributed by atoms with Gasteiger partial charge in [-0.1, -0.05) is 30.0 Å². The van der Waals surface area contributed by atoms with E-state index in [0.717, 1.165) is 53.3 Å². The van der Waals surface area contributed by atoms with Crippen LogP contribution < -0.4 is 5.32 Å². The summed E-state index contributed by atoms with van der Waals surface area (Å²) in [6.07, 6.45) is 3.91. The zero-order chi connectivity index (χ0) is 22.9. The second-order valence-electron chi connectivity index (χ2n) is 7.82. The Balaban J connectivity index is 1.33. The molecule has 0 saturated heterocycles. The lowest BCUT2D eigenvalue weighted by Gasteiger charge is -2.12. The van der Waals surface area contributed by atoms with E-state index >= 15 is 0 Å². The van der Waals surface area contributed by atoms with Crippen LogP contribution in [0.15, 0.2) is 29.4 Å². The minimum absolute atomic E-state index is 0.113. The van der Waals surface area contributed by atoms with E-state index < -0.39 is 0 Å². The maximum atomic E-state index is 12.7. The Morgan fingerprint density at radius 2 is 2.03 bits per heavy atom. The van der Waals surface area contributed by atoms with E-state index in [2.05, 4.69) is 20.5 Å². The van der Waals surface area contributed by atoms with Crippen molar-refractivity contribution in [3.63, 3.8) is 0 Å². The molecule has 0 radical (unpaired) electrons. The highest BCUT2D eigenvalue weighted by Crippen LogP contribution is 2.38. The summed E-state index contributed by atoms with van der Waals surface area (Å²) in [5.74, 6) is -0.472. The Kier molecular flexibility index (Phi) is 6.03. The number of anilines is 1. The van der Waals surface area contributed by atoms with Gasteiger partial charge in [0.15, 0.2) is 5.65 Å². The third kappa shape index (κ3) is 4.08. The average molecular weight is 482 g/mol. The van der Waals surface area contributed by atoms with Crippen LogP contribution in [-0.4, -0.2) is 44.0 Å². The number of esters is 1. The smallest absolute Gasteiger partial charge is 0.341 e. The maximum absolute atomic E-state index is 12.7. The van der Waals surface area contributed by atoms with Crippen molar-refractivity contribution in [3.8, 4) is 0 Å². The summed E-state index contributed by atoms with van der Waals surface area (Å²) in [5, 5.41) is 13.5. The SMILES string of the molecule is CCOC(=O)c1c(NC(=O)CSc2nnc3c4ccccc4n(C)c3n2)sc2c1CCCC2. The number of hydrogen-bond donors (Lipinski definition) is 1. The van der Waals surface area contributed by atoms with Crippen molar-refractivity contribution >= 4 is 62.0 Å². The molecule has 1 aliphatic carbocycles. The third-order valence-corrected chi connectivity index (χ3v) is 7.77. The lowest BCUT2D eigenvalue weighted by molar-refractivity contribution is -0.113. The van der Waals surface area contributed by atoms with Crippen molar-refractivity contribution in [2.24, 2.45) is 7.05 Å². The first kappa shape index (κ1) is 21.8. The number of carbonyl (C=O) groups is 2. The minimum Gasteiger partial charge on any atom is -0.462 e. The van der Waals surface area contributed by atoms with E-state index in [4.69, 9.17) is 4.74 Å². The van der Waals surface area contributed by atoms with Crippen molar-refractivity contribution in [2.75, 3.05) is 17.7 Å². The van der Waals surface area contributed by atoms with Crippen LogP contribution in [-0.2, 0) is 29.4 Å². The number of nitrogens with one attached hydrogen (secondary N) is 1. The molecule has 0 fully saturated rings. The Bertz CT molecular complexity index is 1380. The number of amides is 1. The number of benzene rings is 1. The number of aryl methyl sites for hydroxylation is 2. The van der Waals surface area contributed by atoms with Gasteiger partial charge in [0.2, 0.25) is 11.1 Å². The van der Waals surface area contributed by atoms with Gasteiger partial charge in [-0.3, -0.25) is 4.79 Å². The van der Waals surface area contributed by atoms with E-state index in [0.29, 0.717) is 22.3 Å². The average Bonchev–Trinajstić information content (AvgIpc) is 3.33. The first-order chi connectivity index (χ1) is 16.1. The molecule has 0 bridgehead atoms. The molecule has 0 saturated carbocycles. The van der Waals surface area contributed by atoms with Crippen LogP contribution in [0.5, 0.6) is 0 Å². The number of carbonyl (C=O) groups excluding carboxylic acids is 2.